The molecule has 1 fully saturated rings. The highest BCUT2D eigenvalue weighted by Gasteiger charge is 2.27. The minimum Gasteiger partial charge on any atom is -0.356 e. The van der Waals surface area contributed by atoms with Gasteiger partial charge in [-0.3, -0.25) is 9.59 Å². The molecule has 0 aliphatic heterocycles. The molecule has 1 aliphatic carbocycles. The number of hydrogen-bond donors (Lipinski definition) is 3. The second kappa shape index (κ2) is 7.22. The Balaban J connectivity index is 1.87. The average Bonchev–Trinajstić information content (AvgIpc) is 2.88. The van der Waals surface area contributed by atoms with Gasteiger partial charge in [0.1, 0.15) is 0 Å². The largest absolute Gasteiger partial charge is 0.356 e. The normalized spacial score (nSPS) is 21.0. The molecule has 0 saturated heterocycles. The van der Waals surface area contributed by atoms with Gasteiger partial charge in [0.05, 0.1) is 6.42 Å². The van der Waals surface area contributed by atoms with E-state index in [4.69, 9.17) is 5.73 Å². The molecule has 5 heteroatoms. The Kier molecular flexibility index (Phi) is 5.33. The number of nitrogens with one attached hydrogen (secondary N) is 2. The molecular weight excluding hydrogens is 266 g/mol. The van der Waals surface area contributed by atoms with E-state index in [1.807, 2.05) is 31.2 Å². The summed E-state index contributed by atoms with van der Waals surface area (Å²) in [4.78, 5) is 23.6. The summed E-state index contributed by atoms with van der Waals surface area (Å²) in [5, 5.41) is 5.68. The van der Waals surface area contributed by atoms with E-state index < -0.39 is 0 Å². The SMILES string of the molecule is CCNC(=O)Cc1ccc(NC(=O)C2CCC(N)C2)cc1. The summed E-state index contributed by atoms with van der Waals surface area (Å²) in [7, 11) is 0. The highest BCUT2D eigenvalue weighted by Crippen LogP contribution is 2.25. The van der Waals surface area contributed by atoms with Crippen LogP contribution in [0.2, 0.25) is 0 Å². The van der Waals surface area contributed by atoms with Crippen molar-refractivity contribution in [2.24, 2.45) is 11.7 Å². The Morgan fingerprint density at radius 1 is 1.24 bits per heavy atom. The molecule has 2 atom stereocenters. The van der Waals surface area contributed by atoms with Crippen LogP contribution in [0.25, 0.3) is 0 Å². The van der Waals surface area contributed by atoms with Crippen LogP contribution in [0.4, 0.5) is 5.69 Å². The van der Waals surface area contributed by atoms with Crippen molar-refractivity contribution in [2.45, 2.75) is 38.6 Å². The van der Waals surface area contributed by atoms with Gasteiger partial charge in [0.2, 0.25) is 11.8 Å². The van der Waals surface area contributed by atoms with Crippen molar-refractivity contribution in [2.75, 3.05) is 11.9 Å². The van der Waals surface area contributed by atoms with E-state index in [0.717, 1.165) is 30.5 Å². The van der Waals surface area contributed by atoms with Gasteiger partial charge in [-0.1, -0.05) is 12.1 Å². The van der Waals surface area contributed by atoms with Crippen molar-refractivity contribution in [3.05, 3.63) is 29.8 Å². The van der Waals surface area contributed by atoms with Gasteiger partial charge in [-0.05, 0) is 43.9 Å². The number of rotatable bonds is 5. The third-order valence-corrected chi connectivity index (χ3v) is 3.80. The summed E-state index contributed by atoms with van der Waals surface area (Å²) in [5.74, 6) is 0.0728. The molecule has 21 heavy (non-hydrogen) atoms. The molecule has 5 nitrogen and oxygen atoms in total. The molecule has 0 heterocycles. The first-order valence-corrected chi connectivity index (χ1v) is 7.50. The summed E-state index contributed by atoms with van der Waals surface area (Å²) in [6, 6.07) is 7.55. The third-order valence-electron chi connectivity index (χ3n) is 3.80. The van der Waals surface area contributed by atoms with Gasteiger partial charge in [-0.25, -0.2) is 0 Å². The van der Waals surface area contributed by atoms with Crippen molar-refractivity contribution in [3.63, 3.8) is 0 Å². The van der Waals surface area contributed by atoms with Crippen molar-refractivity contribution in [3.8, 4) is 0 Å². The van der Waals surface area contributed by atoms with Crippen LogP contribution in [-0.4, -0.2) is 24.4 Å². The van der Waals surface area contributed by atoms with Gasteiger partial charge in [-0.2, -0.15) is 0 Å². The molecule has 4 N–H and O–H groups in total. The van der Waals surface area contributed by atoms with Crippen LogP contribution in [0, 0.1) is 5.92 Å². The van der Waals surface area contributed by atoms with E-state index in [2.05, 4.69) is 10.6 Å². The second-order valence-corrected chi connectivity index (χ2v) is 5.59. The summed E-state index contributed by atoms with van der Waals surface area (Å²) < 4.78 is 0. The van der Waals surface area contributed by atoms with E-state index in [9.17, 15) is 9.59 Å². The number of carbonyl (C=O) groups is 2. The minimum atomic E-state index is 0.00855. The molecule has 0 radical (unpaired) electrons. The van der Waals surface area contributed by atoms with Gasteiger partial charge in [0, 0.05) is 24.2 Å². The van der Waals surface area contributed by atoms with E-state index in [1.165, 1.54) is 0 Å². The maximum absolute atomic E-state index is 12.1. The standard InChI is InChI=1S/C16H23N3O2/c1-2-18-15(20)9-11-3-7-14(8-4-11)19-16(21)12-5-6-13(17)10-12/h3-4,7-8,12-13H,2,5-6,9-10,17H2,1H3,(H,18,20)(H,19,21). The zero-order chi connectivity index (χ0) is 15.2. The lowest BCUT2D eigenvalue weighted by atomic mass is 10.1. The minimum absolute atomic E-state index is 0.00855. The summed E-state index contributed by atoms with van der Waals surface area (Å²) in [6.07, 6.45) is 2.91. The predicted octanol–water partition coefficient (Wildman–Crippen LogP) is 1.43. The molecule has 0 spiro atoms. The summed E-state index contributed by atoms with van der Waals surface area (Å²) in [6.45, 7) is 2.53. The third kappa shape index (κ3) is 4.56. The number of likely N-dealkylation sites (N-methyl/N-ethyl adjacent to an activating group) is 1. The molecule has 1 aliphatic rings. The van der Waals surface area contributed by atoms with Crippen LogP contribution in [0.15, 0.2) is 24.3 Å². The lowest BCUT2D eigenvalue weighted by Crippen LogP contribution is -2.24. The zero-order valence-corrected chi connectivity index (χ0v) is 12.4. The fourth-order valence-corrected chi connectivity index (χ4v) is 2.65. The van der Waals surface area contributed by atoms with Crippen molar-refractivity contribution >= 4 is 17.5 Å². The van der Waals surface area contributed by atoms with Crippen LogP contribution in [0.3, 0.4) is 0 Å². The molecule has 114 valence electrons. The van der Waals surface area contributed by atoms with Crippen LogP contribution in [0.1, 0.15) is 31.7 Å². The molecule has 1 aromatic rings. The van der Waals surface area contributed by atoms with Gasteiger partial charge in [-0.15, -0.1) is 0 Å². The van der Waals surface area contributed by atoms with Gasteiger partial charge >= 0.3 is 0 Å². The average molecular weight is 289 g/mol. The molecule has 1 saturated carbocycles. The molecule has 0 aromatic heterocycles. The summed E-state index contributed by atoms with van der Waals surface area (Å²) in [5.41, 5.74) is 7.53. The molecule has 2 unspecified atom stereocenters. The fourth-order valence-electron chi connectivity index (χ4n) is 2.65. The lowest BCUT2D eigenvalue weighted by molar-refractivity contribution is -0.120. The Hall–Kier alpha value is -1.88. The van der Waals surface area contributed by atoms with E-state index in [-0.39, 0.29) is 23.8 Å². The topological polar surface area (TPSA) is 84.2 Å². The lowest BCUT2D eigenvalue weighted by Gasteiger charge is -2.11. The predicted molar refractivity (Wildman–Crippen MR) is 82.8 cm³/mol. The Morgan fingerprint density at radius 2 is 1.95 bits per heavy atom. The van der Waals surface area contributed by atoms with Crippen molar-refractivity contribution < 1.29 is 9.59 Å². The number of benzene rings is 1. The number of amides is 2. The maximum atomic E-state index is 12.1. The van der Waals surface area contributed by atoms with Crippen LogP contribution in [-0.2, 0) is 16.0 Å². The molecule has 2 rings (SSSR count). The Bertz CT molecular complexity index is 499. The van der Waals surface area contributed by atoms with Crippen molar-refractivity contribution in [1.29, 1.82) is 0 Å². The fraction of sp³-hybridized carbons (Fsp3) is 0.500. The molecular formula is C16H23N3O2. The first kappa shape index (κ1) is 15.5. The zero-order valence-electron chi connectivity index (χ0n) is 12.4. The van der Waals surface area contributed by atoms with Crippen LogP contribution >= 0.6 is 0 Å². The van der Waals surface area contributed by atoms with Crippen LogP contribution < -0.4 is 16.4 Å². The number of hydrogen-bond acceptors (Lipinski definition) is 3. The Morgan fingerprint density at radius 3 is 2.52 bits per heavy atom. The van der Waals surface area contributed by atoms with E-state index in [0.29, 0.717) is 13.0 Å². The monoisotopic (exact) mass is 289 g/mol. The first-order valence-electron chi connectivity index (χ1n) is 7.50. The summed E-state index contributed by atoms with van der Waals surface area (Å²) >= 11 is 0. The molecule has 1 aromatic carbocycles. The molecule has 2 amide bonds. The maximum Gasteiger partial charge on any atom is 0.227 e. The van der Waals surface area contributed by atoms with E-state index >= 15 is 0 Å². The highest BCUT2D eigenvalue weighted by molar-refractivity contribution is 5.92. The second-order valence-electron chi connectivity index (χ2n) is 5.59. The smallest absolute Gasteiger partial charge is 0.227 e. The highest BCUT2D eigenvalue weighted by atomic mass is 16.2. The van der Waals surface area contributed by atoms with Gasteiger partial charge < -0.3 is 16.4 Å². The van der Waals surface area contributed by atoms with E-state index in [1.54, 1.807) is 0 Å². The van der Waals surface area contributed by atoms with Gasteiger partial charge in [0.25, 0.3) is 0 Å². The number of nitrogens with two attached hydrogens (primary N) is 1. The number of carbonyl (C=O) groups excluding carboxylic acids is 2. The molecule has 0 bridgehead atoms. The van der Waals surface area contributed by atoms with Crippen molar-refractivity contribution in [1.82, 2.24) is 5.32 Å². The number of anilines is 1. The Labute approximate surface area is 125 Å². The van der Waals surface area contributed by atoms with Gasteiger partial charge in [0.15, 0.2) is 0 Å². The quantitative estimate of drug-likeness (QED) is 0.766. The first-order chi connectivity index (χ1) is 10.1. The van der Waals surface area contributed by atoms with Crippen LogP contribution in [0.5, 0.6) is 0 Å².